The summed E-state index contributed by atoms with van der Waals surface area (Å²) in [6, 6.07) is 31.8. The van der Waals surface area contributed by atoms with Gasteiger partial charge in [-0.25, -0.2) is 9.97 Å². The molecule has 0 fully saturated rings. The van der Waals surface area contributed by atoms with Crippen molar-refractivity contribution in [2.24, 2.45) is 0 Å². The average Bonchev–Trinajstić information content (AvgIpc) is 3.73. The molecule has 8 bridgehead atoms. The van der Waals surface area contributed by atoms with Crippen LogP contribution in [-0.2, 0) is 17.1 Å². The van der Waals surface area contributed by atoms with E-state index in [1.165, 1.54) is 0 Å². The van der Waals surface area contributed by atoms with Crippen molar-refractivity contribution < 1.29 is 17.1 Å². The molecular formula is C32H19CuN9. The number of rotatable bonds is 0. The van der Waals surface area contributed by atoms with Crippen LogP contribution in [0.1, 0.15) is 0 Å². The Morgan fingerprint density at radius 3 is 0.833 bits per heavy atom. The van der Waals surface area contributed by atoms with Crippen LogP contribution >= 0.6 is 0 Å². The number of hydrogen-bond donors (Lipinski definition) is 1. The minimum atomic E-state index is 0. The molecule has 3 N–H and O–H groups in total. The van der Waals surface area contributed by atoms with E-state index < -0.39 is 0 Å². The SMILES string of the molecule is N.[Cu+2].c1ccc2c(c1)-c1nc-2nc2[n-]c(nc3nc(nc4[n-]c(n1)c1ccccc41)-c1ccccc1-3)c1ccccc21. The molecule has 1 radical (unpaired) electrons. The smallest absolute Gasteiger partial charge is 0.357 e. The number of aromatic nitrogens is 8. The molecule has 0 unspecified atom stereocenters. The standard InChI is InChI=1S/C32H16N8.Cu.H3N/c1-2-10-18-17(9-1)25-33-26(18)38-28-21-13-5-6-14-22(21)30(35-28)40-32-24-16-8-7-15-23(24)31(36-32)39-29-20-12-4-3-11-19(20)27(34-29)37-25;;/h1-16H;;1H3/q-2;+2;. The van der Waals surface area contributed by atoms with Crippen LogP contribution in [0.3, 0.4) is 0 Å². The molecule has 203 valence electrons. The van der Waals surface area contributed by atoms with Crippen LogP contribution in [0.25, 0.3) is 89.7 Å². The Balaban J connectivity index is 0.00000144. The second-order valence-electron chi connectivity index (χ2n) is 9.67. The Bertz CT molecular complexity index is 2040. The minimum absolute atomic E-state index is 0. The molecule has 42 heavy (non-hydrogen) atoms. The van der Waals surface area contributed by atoms with E-state index in [1.54, 1.807) is 0 Å². The monoisotopic (exact) mass is 592 g/mol. The van der Waals surface area contributed by atoms with Gasteiger partial charge in [0.25, 0.3) is 0 Å². The predicted octanol–water partition coefficient (Wildman–Crippen LogP) is 6.29. The zero-order chi connectivity index (χ0) is 26.2. The topological polar surface area (TPSA) is 141 Å². The van der Waals surface area contributed by atoms with Crippen molar-refractivity contribution in [3.8, 4) is 45.6 Å². The van der Waals surface area contributed by atoms with Crippen LogP contribution in [0, 0.1) is 0 Å². The van der Waals surface area contributed by atoms with Gasteiger partial charge in [-0.15, -0.1) is 0 Å². The van der Waals surface area contributed by atoms with E-state index in [-0.39, 0.29) is 23.2 Å². The normalized spacial score (nSPS) is 11.4. The van der Waals surface area contributed by atoms with Crippen LogP contribution in [0.5, 0.6) is 0 Å². The van der Waals surface area contributed by atoms with Gasteiger partial charge in [-0.3, -0.25) is 0 Å². The van der Waals surface area contributed by atoms with Gasteiger partial charge in [0, 0.05) is 44.8 Å². The first-order chi connectivity index (χ1) is 19.8. The molecule has 2 aliphatic rings. The molecular weight excluding hydrogens is 574 g/mol. The fourth-order valence-corrected chi connectivity index (χ4v) is 5.46. The molecule has 9 rings (SSSR count). The predicted molar refractivity (Wildman–Crippen MR) is 159 cm³/mol. The Morgan fingerprint density at radius 2 is 0.571 bits per heavy atom. The maximum atomic E-state index is 4.95. The van der Waals surface area contributed by atoms with Crippen LogP contribution in [0.15, 0.2) is 97.1 Å². The Kier molecular flexibility index (Phi) is 5.91. The van der Waals surface area contributed by atoms with Crippen molar-refractivity contribution in [1.29, 1.82) is 0 Å². The van der Waals surface area contributed by atoms with Crippen molar-refractivity contribution in [1.82, 2.24) is 46.0 Å². The molecule has 4 aromatic carbocycles. The molecule has 0 saturated carbocycles. The van der Waals surface area contributed by atoms with Crippen LogP contribution in [0.2, 0.25) is 0 Å². The molecule has 7 aromatic rings. The van der Waals surface area contributed by atoms with Gasteiger partial charge < -0.3 is 36.1 Å². The Labute approximate surface area is 249 Å². The zero-order valence-electron chi connectivity index (χ0n) is 21.8. The average molecular weight is 593 g/mol. The van der Waals surface area contributed by atoms with E-state index in [4.69, 9.17) is 39.9 Å². The first kappa shape index (κ1) is 25.7. The Morgan fingerprint density at radius 1 is 0.333 bits per heavy atom. The van der Waals surface area contributed by atoms with Crippen molar-refractivity contribution in [3.63, 3.8) is 0 Å². The van der Waals surface area contributed by atoms with Gasteiger partial charge in [0.1, 0.15) is 0 Å². The molecule has 3 aromatic heterocycles. The number of hydrogen-bond acceptors (Lipinski definition) is 7. The fourth-order valence-electron chi connectivity index (χ4n) is 5.46. The van der Waals surface area contributed by atoms with Crippen LogP contribution in [-0.4, -0.2) is 29.9 Å². The second kappa shape index (κ2) is 9.67. The summed E-state index contributed by atoms with van der Waals surface area (Å²) in [6.07, 6.45) is 0. The molecule has 9 nitrogen and oxygen atoms in total. The van der Waals surface area contributed by atoms with Gasteiger partial charge in [-0.1, -0.05) is 97.1 Å². The number of fused-ring (bicyclic) bond motifs is 20. The fraction of sp³-hybridized carbons (Fsp3) is 0. The maximum Gasteiger partial charge on any atom is 2.00 e. The van der Waals surface area contributed by atoms with E-state index in [1.807, 2.05) is 97.1 Å². The summed E-state index contributed by atoms with van der Waals surface area (Å²) < 4.78 is 0. The number of benzene rings is 4. The molecule has 0 amide bonds. The van der Waals surface area contributed by atoms with Crippen molar-refractivity contribution in [3.05, 3.63) is 97.1 Å². The molecule has 0 saturated heterocycles. The van der Waals surface area contributed by atoms with Crippen molar-refractivity contribution in [2.75, 3.05) is 0 Å². The largest absolute Gasteiger partial charge is 2.00 e. The van der Waals surface area contributed by atoms with Gasteiger partial charge >= 0.3 is 17.1 Å². The minimum Gasteiger partial charge on any atom is -0.357 e. The van der Waals surface area contributed by atoms with E-state index in [9.17, 15) is 0 Å². The van der Waals surface area contributed by atoms with Crippen LogP contribution in [0.4, 0.5) is 0 Å². The summed E-state index contributed by atoms with van der Waals surface area (Å²) in [5, 5.41) is 3.57. The number of nitrogens with zero attached hydrogens (tertiary/aromatic N) is 8. The van der Waals surface area contributed by atoms with Crippen molar-refractivity contribution in [2.45, 2.75) is 0 Å². The molecule has 10 heteroatoms. The van der Waals surface area contributed by atoms with Crippen LogP contribution < -0.4 is 16.1 Å². The summed E-state index contributed by atoms with van der Waals surface area (Å²) in [4.78, 5) is 39.3. The molecule has 0 aliphatic carbocycles. The molecule has 0 atom stereocenters. The van der Waals surface area contributed by atoms with E-state index in [0.717, 1.165) is 43.8 Å². The first-order valence-electron chi connectivity index (χ1n) is 12.9. The van der Waals surface area contributed by atoms with Gasteiger partial charge in [0.15, 0.2) is 0 Å². The summed E-state index contributed by atoms with van der Waals surface area (Å²) in [5.74, 6) is 2.21. The van der Waals surface area contributed by atoms with Gasteiger partial charge in [0.2, 0.25) is 0 Å². The van der Waals surface area contributed by atoms with Gasteiger partial charge in [0.05, 0.1) is 23.3 Å². The third kappa shape index (κ3) is 3.74. The first-order valence-corrected chi connectivity index (χ1v) is 12.9. The third-order valence-electron chi connectivity index (χ3n) is 7.33. The van der Waals surface area contributed by atoms with Gasteiger partial charge in [-0.05, 0) is 21.5 Å². The quantitative estimate of drug-likeness (QED) is 0.201. The summed E-state index contributed by atoms with van der Waals surface area (Å²) >= 11 is 0. The molecule has 5 heterocycles. The van der Waals surface area contributed by atoms with E-state index in [0.29, 0.717) is 45.9 Å². The zero-order valence-corrected chi connectivity index (χ0v) is 22.8. The Hall–Kier alpha value is -5.28. The van der Waals surface area contributed by atoms with E-state index >= 15 is 0 Å². The molecule has 2 aliphatic heterocycles. The third-order valence-corrected chi connectivity index (χ3v) is 7.33. The summed E-state index contributed by atoms with van der Waals surface area (Å²) in [7, 11) is 0. The van der Waals surface area contributed by atoms with Crippen molar-refractivity contribution >= 4 is 44.1 Å². The summed E-state index contributed by atoms with van der Waals surface area (Å²) in [5.41, 5.74) is 5.78. The van der Waals surface area contributed by atoms with E-state index in [2.05, 4.69) is 0 Å². The maximum absolute atomic E-state index is 4.95. The summed E-state index contributed by atoms with van der Waals surface area (Å²) in [6.45, 7) is 0. The second-order valence-corrected chi connectivity index (χ2v) is 9.67. The van der Waals surface area contributed by atoms with Gasteiger partial charge in [-0.2, -0.15) is 0 Å². The molecule has 0 spiro atoms.